The fraction of sp³-hybridized carbons (Fsp3) is 0.591. The lowest BCUT2D eigenvalue weighted by atomic mass is 9.92. The lowest BCUT2D eigenvalue weighted by molar-refractivity contribution is -0.136. The number of carbonyl (C=O) groups is 1. The summed E-state index contributed by atoms with van der Waals surface area (Å²) < 4.78 is 5.34. The molecular weight excluding hydrogens is 352 g/mol. The summed E-state index contributed by atoms with van der Waals surface area (Å²) >= 11 is 0. The molecule has 1 saturated carbocycles. The van der Waals surface area contributed by atoms with Gasteiger partial charge in [0, 0.05) is 36.3 Å². The van der Waals surface area contributed by atoms with Crippen molar-refractivity contribution in [1.29, 1.82) is 0 Å². The van der Waals surface area contributed by atoms with Crippen LogP contribution in [0.5, 0.6) is 0 Å². The van der Waals surface area contributed by atoms with E-state index in [0.29, 0.717) is 25.7 Å². The topological polar surface area (TPSA) is 58.6 Å². The summed E-state index contributed by atoms with van der Waals surface area (Å²) in [5, 5.41) is 1.15. The number of pyridine rings is 2. The maximum atomic E-state index is 12.5. The molecule has 0 N–H and O–H groups in total. The van der Waals surface area contributed by atoms with Gasteiger partial charge in [-0.1, -0.05) is 0 Å². The molecule has 3 aliphatic rings. The fourth-order valence-electron chi connectivity index (χ4n) is 4.40. The number of hydrogen-bond acceptors (Lipinski definition) is 5. The Labute approximate surface area is 165 Å². The third kappa shape index (κ3) is 3.89. The van der Waals surface area contributed by atoms with Crippen molar-refractivity contribution >= 4 is 16.9 Å². The first kappa shape index (κ1) is 18.0. The number of aromatic nitrogens is 2. The molecule has 1 aliphatic carbocycles. The lowest BCUT2D eigenvalue weighted by Gasteiger charge is -2.34. The zero-order chi connectivity index (χ0) is 18.9. The SMILES string of the molecule is O=C(CN1CCC(c2ccc3cc(C4CC4)cnc3n2)CC1)N1CCOCC1. The Kier molecular flexibility index (Phi) is 4.99. The van der Waals surface area contributed by atoms with Crippen LogP contribution in [-0.2, 0) is 9.53 Å². The van der Waals surface area contributed by atoms with E-state index in [9.17, 15) is 4.79 Å². The van der Waals surface area contributed by atoms with Crippen molar-refractivity contribution in [2.24, 2.45) is 0 Å². The highest BCUT2D eigenvalue weighted by Gasteiger charge is 2.26. The molecule has 1 amide bonds. The molecule has 0 spiro atoms. The summed E-state index contributed by atoms with van der Waals surface area (Å²) in [7, 11) is 0. The van der Waals surface area contributed by atoms with Crippen LogP contribution in [0.3, 0.4) is 0 Å². The van der Waals surface area contributed by atoms with Gasteiger partial charge < -0.3 is 9.64 Å². The first-order valence-electron chi connectivity index (χ1n) is 10.6. The molecular formula is C22H28N4O2. The number of ether oxygens (including phenoxy) is 1. The summed E-state index contributed by atoms with van der Waals surface area (Å²) in [6, 6.07) is 6.63. The number of amides is 1. The van der Waals surface area contributed by atoms with Gasteiger partial charge in [-0.05, 0) is 68.5 Å². The molecule has 28 heavy (non-hydrogen) atoms. The molecule has 6 heteroatoms. The van der Waals surface area contributed by atoms with Gasteiger partial charge in [0.25, 0.3) is 0 Å². The van der Waals surface area contributed by atoms with Crippen molar-refractivity contribution in [3.05, 3.63) is 35.7 Å². The monoisotopic (exact) mass is 380 g/mol. The van der Waals surface area contributed by atoms with E-state index in [0.717, 1.165) is 61.7 Å². The first-order valence-corrected chi connectivity index (χ1v) is 10.6. The van der Waals surface area contributed by atoms with Gasteiger partial charge in [0.1, 0.15) is 0 Å². The van der Waals surface area contributed by atoms with Gasteiger partial charge in [0.15, 0.2) is 5.65 Å². The third-order valence-corrected chi connectivity index (χ3v) is 6.36. The summed E-state index contributed by atoms with van der Waals surface area (Å²) in [5.41, 5.74) is 3.38. The van der Waals surface area contributed by atoms with Gasteiger partial charge >= 0.3 is 0 Å². The molecule has 0 unspecified atom stereocenters. The van der Waals surface area contributed by atoms with Crippen molar-refractivity contribution in [1.82, 2.24) is 19.8 Å². The molecule has 2 aliphatic heterocycles. The molecule has 0 bridgehead atoms. The van der Waals surface area contributed by atoms with Gasteiger partial charge in [0.2, 0.25) is 5.91 Å². The van der Waals surface area contributed by atoms with Crippen LogP contribution >= 0.6 is 0 Å². The largest absolute Gasteiger partial charge is 0.378 e. The van der Waals surface area contributed by atoms with Gasteiger partial charge in [-0.25, -0.2) is 9.97 Å². The molecule has 0 radical (unpaired) electrons. The predicted octanol–water partition coefficient (Wildman–Crippen LogP) is 2.55. The number of fused-ring (bicyclic) bond motifs is 1. The Morgan fingerprint density at radius 2 is 1.82 bits per heavy atom. The summed E-state index contributed by atoms with van der Waals surface area (Å²) in [4.78, 5) is 26.2. The summed E-state index contributed by atoms with van der Waals surface area (Å²) in [5.74, 6) is 1.42. The van der Waals surface area contributed by atoms with Crippen molar-refractivity contribution in [3.63, 3.8) is 0 Å². The Morgan fingerprint density at radius 1 is 1.04 bits per heavy atom. The smallest absolute Gasteiger partial charge is 0.236 e. The predicted molar refractivity (Wildman–Crippen MR) is 107 cm³/mol. The van der Waals surface area contributed by atoms with E-state index in [1.54, 1.807) is 0 Å². The second kappa shape index (κ2) is 7.76. The van der Waals surface area contributed by atoms with E-state index in [2.05, 4.69) is 28.1 Å². The van der Waals surface area contributed by atoms with Crippen LogP contribution < -0.4 is 0 Å². The molecule has 0 atom stereocenters. The molecule has 2 aromatic rings. The number of nitrogens with zero attached hydrogens (tertiary/aromatic N) is 4. The van der Waals surface area contributed by atoms with Crippen LogP contribution in [0.25, 0.3) is 11.0 Å². The molecule has 2 aromatic heterocycles. The molecule has 0 aromatic carbocycles. The number of likely N-dealkylation sites (tertiary alicyclic amines) is 1. The highest BCUT2D eigenvalue weighted by Crippen LogP contribution is 2.40. The summed E-state index contributed by atoms with van der Waals surface area (Å²) in [6.07, 6.45) is 6.71. The number of piperidine rings is 1. The summed E-state index contributed by atoms with van der Waals surface area (Å²) in [6.45, 7) is 5.22. The van der Waals surface area contributed by atoms with E-state index in [1.165, 1.54) is 18.4 Å². The molecule has 2 saturated heterocycles. The van der Waals surface area contributed by atoms with Crippen LogP contribution in [-0.4, -0.2) is 71.6 Å². The average Bonchev–Trinajstić information content (AvgIpc) is 3.60. The minimum absolute atomic E-state index is 0.237. The fourth-order valence-corrected chi connectivity index (χ4v) is 4.40. The zero-order valence-electron chi connectivity index (χ0n) is 16.3. The molecule has 5 rings (SSSR count). The average molecular weight is 380 g/mol. The number of morpholine rings is 1. The van der Waals surface area contributed by atoms with E-state index < -0.39 is 0 Å². The molecule has 148 valence electrons. The van der Waals surface area contributed by atoms with Crippen molar-refractivity contribution in [2.75, 3.05) is 45.9 Å². The second-order valence-corrected chi connectivity index (χ2v) is 8.37. The van der Waals surface area contributed by atoms with E-state index >= 15 is 0 Å². The second-order valence-electron chi connectivity index (χ2n) is 8.37. The van der Waals surface area contributed by atoms with Gasteiger partial charge in [-0.15, -0.1) is 0 Å². The zero-order valence-corrected chi connectivity index (χ0v) is 16.3. The van der Waals surface area contributed by atoms with Crippen molar-refractivity contribution in [2.45, 2.75) is 37.5 Å². The quantitative estimate of drug-likeness (QED) is 0.816. The highest BCUT2D eigenvalue weighted by atomic mass is 16.5. The molecule has 4 heterocycles. The van der Waals surface area contributed by atoms with Crippen molar-refractivity contribution < 1.29 is 9.53 Å². The van der Waals surface area contributed by atoms with Crippen LogP contribution in [0.15, 0.2) is 24.4 Å². The Balaban J connectivity index is 1.19. The number of hydrogen-bond donors (Lipinski definition) is 0. The van der Waals surface area contributed by atoms with Gasteiger partial charge in [0.05, 0.1) is 19.8 Å². The molecule has 3 fully saturated rings. The van der Waals surface area contributed by atoms with Gasteiger partial charge in [-0.3, -0.25) is 9.69 Å². The van der Waals surface area contributed by atoms with Crippen LogP contribution in [0.1, 0.15) is 48.8 Å². The van der Waals surface area contributed by atoms with Crippen LogP contribution in [0.2, 0.25) is 0 Å². The standard InChI is InChI=1S/C22H28N4O2/c27-21(26-9-11-28-12-10-26)15-25-7-5-17(6-8-25)20-4-3-18-13-19(16-1-2-16)14-23-22(18)24-20/h3-4,13-14,16-17H,1-2,5-12,15H2. The maximum absolute atomic E-state index is 12.5. The Hall–Kier alpha value is -2.05. The number of rotatable bonds is 4. The maximum Gasteiger partial charge on any atom is 0.236 e. The van der Waals surface area contributed by atoms with Crippen molar-refractivity contribution in [3.8, 4) is 0 Å². The Bertz CT molecular complexity index is 853. The van der Waals surface area contributed by atoms with E-state index in [4.69, 9.17) is 9.72 Å². The van der Waals surface area contributed by atoms with Gasteiger partial charge in [-0.2, -0.15) is 0 Å². The number of carbonyl (C=O) groups excluding carboxylic acids is 1. The third-order valence-electron chi connectivity index (χ3n) is 6.36. The Morgan fingerprint density at radius 3 is 2.57 bits per heavy atom. The normalized spacial score (nSPS) is 21.9. The van der Waals surface area contributed by atoms with E-state index in [1.807, 2.05) is 11.1 Å². The lowest BCUT2D eigenvalue weighted by Crippen LogP contribution is -2.47. The first-order chi connectivity index (χ1) is 13.8. The molecule has 6 nitrogen and oxygen atoms in total. The van der Waals surface area contributed by atoms with E-state index in [-0.39, 0.29) is 5.91 Å². The van der Waals surface area contributed by atoms with Crippen LogP contribution in [0.4, 0.5) is 0 Å². The van der Waals surface area contributed by atoms with Crippen LogP contribution in [0, 0.1) is 0 Å². The minimum atomic E-state index is 0.237. The minimum Gasteiger partial charge on any atom is -0.378 e. The highest BCUT2D eigenvalue weighted by molar-refractivity contribution is 5.78.